The van der Waals surface area contributed by atoms with Crippen LogP contribution in [0.3, 0.4) is 0 Å². The summed E-state index contributed by atoms with van der Waals surface area (Å²) in [6, 6.07) is 15.0. The monoisotopic (exact) mass is 350 g/mol. The number of nitro groups is 1. The first-order valence-electron chi connectivity index (χ1n) is 7.66. The van der Waals surface area contributed by atoms with Gasteiger partial charge in [-0.05, 0) is 12.1 Å². The summed E-state index contributed by atoms with van der Waals surface area (Å²) in [5, 5.41) is 13.2. The number of benzene rings is 2. The number of hydrogen-bond acceptors (Lipinski definition) is 6. The van der Waals surface area contributed by atoms with Crippen molar-refractivity contribution in [1.82, 2.24) is 9.97 Å². The fourth-order valence-corrected chi connectivity index (χ4v) is 2.14. The number of carbonyl (C=O) groups is 1. The van der Waals surface area contributed by atoms with Gasteiger partial charge in [0.25, 0.3) is 11.6 Å². The molecule has 1 aromatic heterocycles. The molecule has 1 amide bonds. The maximum atomic E-state index is 11.9. The Labute approximate surface area is 148 Å². The molecule has 0 fully saturated rings. The number of nitro benzene ring substituents is 1. The Bertz CT molecular complexity index is 897. The zero-order valence-corrected chi connectivity index (χ0v) is 13.5. The van der Waals surface area contributed by atoms with Crippen molar-refractivity contribution < 1.29 is 14.5 Å². The van der Waals surface area contributed by atoms with E-state index < -0.39 is 4.92 Å². The third kappa shape index (κ3) is 4.38. The quantitative estimate of drug-likeness (QED) is 0.541. The van der Waals surface area contributed by atoms with Crippen molar-refractivity contribution in [2.75, 3.05) is 11.9 Å². The minimum absolute atomic E-state index is 0.0440. The molecule has 0 saturated heterocycles. The molecule has 0 saturated carbocycles. The number of hydrogen-bond donors (Lipinski definition) is 1. The number of amides is 1. The molecule has 1 N–H and O–H groups in total. The van der Waals surface area contributed by atoms with Crippen LogP contribution in [0.4, 0.5) is 11.4 Å². The molecule has 0 spiro atoms. The van der Waals surface area contributed by atoms with Crippen molar-refractivity contribution in [3.63, 3.8) is 0 Å². The number of aromatic nitrogens is 2. The molecule has 1 heterocycles. The number of nitrogens with one attached hydrogen (secondary N) is 1. The van der Waals surface area contributed by atoms with Crippen LogP contribution in [0.5, 0.6) is 5.75 Å². The lowest BCUT2D eigenvalue weighted by molar-refractivity contribution is -0.384. The van der Waals surface area contributed by atoms with Gasteiger partial charge in [-0.25, -0.2) is 9.97 Å². The van der Waals surface area contributed by atoms with Gasteiger partial charge in [-0.15, -0.1) is 0 Å². The number of non-ortho nitro benzene ring substituents is 1. The standard InChI is InChI=1S/C18H14N4O4/c23-17(12-26-16-8-6-15(7-9-16)22(24)25)21-14-10-19-18(20-11-14)13-4-2-1-3-5-13/h1-11H,12H2,(H,21,23). The highest BCUT2D eigenvalue weighted by atomic mass is 16.6. The van der Waals surface area contributed by atoms with E-state index in [0.717, 1.165) is 5.56 Å². The van der Waals surface area contributed by atoms with Gasteiger partial charge >= 0.3 is 0 Å². The van der Waals surface area contributed by atoms with Crippen molar-refractivity contribution in [1.29, 1.82) is 0 Å². The lowest BCUT2D eigenvalue weighted by Gasteiger charge is -2.07. The van der Waals surface area contributed by atoms with Crippen LogP contribution in [0, 0.1) is 10.1 Å². The number of nitrogens with zero attached hydrogens (tertiary/aromatic N) is 3. The Morgan fingerprint density at radius 1 is 1.04 bits per heavy atom. The Morgan fingerprint density at radius 3 is 2.31 bits per heavy atom. The molecule has 26 heavy (non-hydrogen) atoms. The zero-order chi connectivity index (χ0) is 18.4. The van der Waals surface area contributed by atoms with Crippen molar-refractivity contribution in [2.24, 2.45) is 0 Å². The molecule has 3 rings (SSSR count). The van der Waals surface area contributed by atoms with Crippen LogP contribution < -0.4 is 10.1 Å². The molecule has 8 nitrogen and oxygen atoms in total. The van der Waals surface area contributed by atoms with Crippen molar-refractivity contribution >= 4 is 17.3 Å². The van der Waals surface area contributed by atoms with Crippen LogP contribution in [0.1, 0.15) is 0 Å². The van der Waals surface area contributed by atoms with E-state index in [1.807, 2.05) is 30.3 Å². The van der Waals surface area contributed by atoms with E-state index in [1.54, 1.807) is 0 Å². The summed E-state index contributed by atoms with van der Waals surface area (Å²) in [7, 11) is 0. The summed E-state index contributed by atoms with van der Waals surface area (Å²) in [4.78, 5) is 30.4. The number of rotatable bonds is 6. The predicted molar refractivity (Wildman–Crippen MR) is 94.7 cm³/mol. The molecule has 130 valence electrons. The van der Waals surface area contributed by atoms with E-state index in [2.05, 4.69) is 15.3 Å². The molecule has 0 aliphatic rings. The highest BCUT2D eigenvalue weighted by Gasteiger charge is 2.08. The summed E-state index contributed by atoms with van der Waals surface area (Å²) in [6.07, 6.45) is 3.03. The Morgan fingerprint density at radius 2 is 1.69 bits per heavy atom. The van der Waals surface area contributed by atoms with E-state index in [9.17, 15) is 14.9 Å². The normalized spacial score (nSPS) is 10.2. The van der Waals surface area contributed by atoms with Crippen LogP contribution in [-0.4, -0.2) is 27.4 Å². The molecule has 8 heteroatoms. The number of anilines is 1. The average Bonchev–Trinajstić information content (AvgIpc) is 2.68. The second-order valence-corrected chi connectivity index (χ2v) is 5.25. The molecule has 0 atom stereocenters. The van der Waals surface area contributed by atoms with E-state index in [0.29, 0.717) is 17.3 Å². The predicted octanol–water partition coefficient (Wildman–Crippen LogP) is 3.07. The maximum Gasteiger partial charge on any atom is 0.269 e. The minimum Gasteiger partial charge on any atom is -0.484 e. The van der Waals surface area contributed by atoms with Gasteiger partial charge in [-0.3, -0.25) is 14.9 Å². The molecule has 0 bridgehead atoms. The summed E-state index contributed by atoms with van der Waals surface area (Å²) in [5.74, 6) is 0.534. The van der Waals surface area contributed by atoms with Gasteiger partial charge in [0.1, 0.15) is 5.75 Å². The first kappa shape index (κ1) is 17.0. The van der Waals surface area contributed by atoms with Gasteiger partial charge in [0.2, 0.25) is 0 Å². The summed E-state index contributed by atoms with van der Waals surface area (Å²) in [6.45, 7) is -0.238. The average molecular weight is 350 g/mol. The molecule has 2 aromatic carbocycles. The summed E-state index contributed by atoms with van der Waals surface area (Å²) < 4.78 is 5.29. The van der Waals surface area contributed by atoms with Gasteiger partial charge < -0.3 is 10.1 Å². The Hall–Kier alpha value is -3.81. The van der Waals surface area contributed by atoms with E-state index in [-0.39, 0.29) is 18.2 Å². The molecule has 0 unspecified atom stereocenters. The largest absolute Gasteiger partial charge is 0.484 e. The summed E-state index contributed by atoms with van der Waals surface area (Å²) >= 11 is 0. The lowest BCUT2D eigenvalue weighted by atomic mass is 10.2. The maximum absolute atomic E-state index is 11.9. The smallest absolute Gasteiger partial charge is 0.269 e. The van der Waals surface area contributed by atoms with Crippen LogP contribution >= 0.6 is 0 Å². The zero-order valence-electron chi connectivity index (χ0n) is 13.5. The van der Waals surface area contributed by atoms with Crippen LogP contribution in [0.2, 0.25) is 0 Å². The molecule has 3 aromatic rings. The number of ether oxygens (including phenoxy) is 1. The Kier molecular flexibility index (Phi) is 5.14. The molecule has 0 radical (unpaired) electrons. The SMILES string of the molecule is O=C(COc1ccc([N+](=O)[O-])cc1)Nc1cnc(-c2ccccc2)nc1. The second kappa shape index (κ2) is 7.84. The van der Waals surface area contributed by atoms with E-state index in [1.165, 1.54) is 36.7 Å². The van der Waals surface area contributed by atoms with Gasteiger partial charge in [0.15, 0.2) is 12.4 Å². The summed E-state index contributed by atoms with van der Waals surface area (Å²) in [5.41, 5.74) is 1.28. The van der Waals surface area contributed by atoms with Crippen LogP contribution in [-0.2, 0) is 4.79 Å². The van der Waals surface area contributed by atoms with Crippen molar-refractivity contribution in [3.8, 4) is 17.1 Å². The van der Waals surface area contributed by atoms with Crippen molar-refractivity contribution in [2.45, 2.75) is 0 Å². The Balaban J connectivity index is 1.54. The molecular formula is C18H14N4O4. The topological polar surface area (TPSA) is 107 Å². The fraction of sp³-hybridized carbons (Fsp3) is 0.0556. The van der Waals surface area contributed by atoms with Gasteiger partial charge in [0, 0.05) is 17.7 Å². The van der Waals surface area contributed by atoms with Gasteiger partial charge in [-0.1, -0.05) is 30.3 Å². The van der Waals surface area contributed by atoms with Crippen molar-refractivity contribution in [3.05, 3.63) is 77.1 Å². The third-order valence-electron chi connectivity index (χ3n) is 3.39. The lowest BCUT2D eigenvalue weighted by Crippen LogP contribution is -2.20. The third-order valence-corrected chi connectivity index (χ3v) is 3.39. The second-order valence-electron chi connectivity index (χ2n) is 5.25. The van der Waals surface area contributed by atoms with E-state index in [4.69, 9.17) is 4.74 Å². The highest BCUT2D eigenvalue weighted by Crippen LogP contribution is 2.17. The molecule has 0 aliphatic carbocycles. The van der Waals surface area contributed by atoms with Gasteiger partial charge in [0.05, 0.1) is 23.0 Å². The molecular weight excluding hydrogens is 336 g/mol. The fourth-order valence-electron chi connectivity index (χ4n) is 2.14. The van der Waals surface area contributed by atoms with Gasteiger partial charge in [-0.2, -0.15) is 0 Å². The number of carbonyl (C=O) groups excluding carboxylic acids is 1. The first-order valence-corrected chi connectivity index (χ1v) is 7.66. The first-order chi connectivity index (χ1) is 12.6. The molecule has 0 aliphatic heterocycles. The minimum atomic E-state index is -0.504. The van der Waals surface area contributed by atoms with Crippen LogP contribution in [0.25, 0.3) is 11.4 Å². The van der Waals surface area contributed by atoms with E-state index >= 15 is 0 Å². The van der Waals surface area contributed by atoms with Crippen LogP contribution in [0.15, 0.2) is 67.0 Å². The highest BCUT2D eigenvalue weighted by molar-refractivity contribution is 5.91.